The van der Waals surface area contributed by atoms with Gasteiger partial charge in [0.25, 0.3) is 0 Å². The number of allylic oxidation sites excluding steroid dienone is 1. The summed E-state index contributed by atoms with van der Waals surface area (Å²) >= 11 is 0. The van der Waals surface area contributed by atoms with Crippen LogP contribution in [-0.2, 0) is 0 Å². The first kappa shape index (κ1) is 14.8. The smallest absolute Gasteiger partial charge is 0.0173 e. The predicted molar refractivity (Wildman–Crippen MR) is 98.9 cm³/mol. The molecule has 3 aromatic carbocycles. The van der Waals surface area contributed by atoms with E-state index in [1.807, 2.05) is 0 Å². The van der Waals surface area contributed by atoms with Crippen molar-refractivity contribution in [3.05, 3.63) is 114 Å². The standard InChI is InChI=1S/C21H19P/c22-21(19-14-8-3-9-15-19)16-20(17-10-4-1-5-11-17)18-12-6-2-7-13-18/h1-16,21H,22H2. The zero-order valence-electron chi connectivity index (χ0n) is 12.4. The number of benzene rings is 3. The van der Waals surface area contributed by atoms with Gasteiger partial charge >= 0.3 is 0 Å². The molecule has 0 fully saturated rings. The van der Waals surface area contributed by atoms with E-state index in [9.17, 15) is 0 Å². The van der Waals surface area contributed by atoms with Crippen molar-refractivity contribution < 1.29 is 0 Å². The molecule has 2 atom stereocenters. The van der Waals surface area contributed by atoms with Crippen molar-refractivity contribution in [2.45, 2.75) is 5.66 Å². The van der Waals surface area contributed by atoms with Gasteiger partial charge in [-0.25, -0.2) is 0 Å². The number of hydrogen-bond acceptors (Lipinski definition) is 0. The average Bonchev–Trinajstić information content (AvgIpc) is 2.62. The normalized spacial score (nSPS) is 11.7. The minimum atomic E-state index is 0.289. The molecule has 1 heteroatoms. The first-order chi connectivity index (χ1) is 10.8. The van der Waals surface area contributed by atoms with Gasteiger partial charge in [-0.1, -0.05) is 97.1 Å². The Bertz CT molecular complexity index is 689. The minimum Gasteiger partial charge on any atom is -0.126 e. The fourth-order valence-corrected chi connectivity index (χ4v) is 2.96. The summed E-state index contributed by atoms with van der Waals surface area (Å²) in [6.45, 7) is 0. The van der Waals surface area contributed by atoms with E-state index >= 15 is 0 Å². The van der Waals surface area contributed by atoms with Crippen LogP contribution in [0.1, 0.15) is 22.3 Å². The second kappa shape index (κ2) is 7.20. The minimum absolute atomic E-state index is 0.289. The van der Waals surface area contributed by atoms with E-state index in [0.29, 0.717) is 0 Å². The molecule has 0 saturated carbocycles. The summed E-state index contributed by atoms with van der Waals surface area (Å²) in [5.74, 6) is 0. The Morgan fingerprint density at radius 2 is 1.05 bits per heavy atom. The van der Waals surface area contributed by atoms with Crippen molar-refractivity contribution in [2.24, 2.45) is 0 Å². The molecule has 0 nitrogen and oxygen atoms in total. The van der Waals surface area contributed by atoms with Gasteiger partial charge < -0.3 is 0 Å². The van der Waals surface area contributed by atoms with Crippen molar-refractivity contribution in [1.82, 2.24) is 0 Å². The third kappa shape index (κ3) is 3.53. The van der Waals surface area contributed by atoms with Crippen LogP contribution in [0.2, 0.25) is 0 Å². The molecule has 0 aliphatic carbocycles. The highest BCUT2D eigenvalue weighted by Gasteiger charge is 2.08. The van der Waals surface area contributed by atoms with E-state index in [2.05, 4.69) is 106 Å². The molecule has 0 saturated heterocycles. The Morgan fingerprint density at radius 3 is 1.50 bits per heavy atom. The van der Waals surface area contributed by atoms with Crippen LogP contribution in [-0.4, -0.2) is 0 Å². The maximum absolute atomic E-state index is 2.94. The second-order valence-electron chi connectivity index (χ2n) is 5.25. The third-order valence-electron chi connectivity index (χ3n) is 3.70. The lowest BCUT2D eigenvalue weighted by molar-refractivity contribution is 1.23. The Balaban J connectivity index is 2.04. The van der Waals surface area contributed by atoms with Gasteiger partial charge in [0.15, 0.2) is 0 Å². The largest absolute Gasteiger partial charge is 0.126 e. The van der Waals surface area contributed by atoms with Crippen molar-refractivity contribution in [3.63, 3.8) is 0 Å². The average molecular weight is 302 g/mol. The molecule has 3 rings (SSSR count). The zero-order chi connectivity index (χ0) is 15.2. The van der Waals surface area contributed by atoms with Gasteiger partial charge in [0.2, 0.25) is 0 Å². The van der Waals surface area contributed by atoms with Crippen LogP contribution in [0.15, 0.2) is 97.1 Å². The van der Waals surface area contributed by atoms with Gasteiger partial charge in [-0.15, -0.1) is 9.24 Å². The van der Waals surface area contributed by atoms with Crippen LogP contribution in [0.3, 0.4) is 0 Å². The van der Waals surface area contributed by atoms with E-state index in [1.165, 1.54) is 22.3 Å². The van der Waals surface area contributed by atoms with E-state index < -0.39 is 0 Å². The highest BCUT2D eigenvalue weighted by molar-refractivity contribution is 7.17. The van der Waals surface area contributed by atoms with Crippen molar-refractivity contribution in [1.29, 1.82) is 0 Å². The van der Waals surface area contributed by atoms with Gasteiger partial charge in [0.05, 0.1) is 0 Å². The summed E-state index contributed by atoms with van der Waals surface area (Å²) in [6, 6.07) is 31.7. The van der Waals surface area contributed by atoms with Gasteiger partial charge in [0, 0.05) is 5.66 Å². The maximum atomic E-state index is 2.94. The van der Waals surface area contributed by atoms with E-state index in [0.717, 1.165) is 0 Å². The molecule has 108 valence electrons. The van der Waals surface area contributed by atoms with Crippen LogP contribution < -0.4 is 0 Å². The molecule has 0 aliphatic heterocycles. The van der Waals surface area contributed by atoms with E-state index in [1.54, 1.807) is 0 Å². The van der Waals surface area contributed by atoms with E-state index in [-0.39, 0.29) is 5.66 Å². The summed E-state index contributed by atoms with van der Waals surface area (Å²) in [7, 11) is 2.94. The quantitative estimate of drug-likeness (QED) is 0.539. The summed E-state index contributed by atoms with van der Waals surface area (Å²) in [5, 5.41) is 0. The molecule has 0 heterocycles. The van der Waals surface area contributed by atoms with Crippen LogP contribution in [0.4, 0.5) is 0 Å². The molecule has 0 aliphatic rings. The third-order valence-corrected chi connectivity index (χ3v) is 4.28. The molecule has 22 heavy (non-hydrogen) atoms. The lowest BCUT2D eigenvalue weighted by Gasteiger charge is -2.13. The number of hydrogen-bond donors (Lipinski definition) is 0. The number of rotatable bonds is 4. The first-order valence-electron chi connectivity index (χ1n) is 7.48. The van der Waals surface area contributed by atoms with Gasteiger partial charge in [-0.2, -0.15) is 0 Å². The van der Waals surface area contributed by atoms with E-state index in [4.69, 9.17) is 0 Å². The topological polar surface area (TPSA) is 0 Å². The summed E-state index contributed by atoms with van der Waals surface area (Å²) in [4.78, 5) is 0. The molecular weight excluding hydrogens is 283 g/mol. The molecule has 3 aromatic rings. The van der Waals surface area contributed by atoms with Gasteiger partial charge in [-0.3, -0.25) is 0 Å². The highest BCUT2D eigenvalue weighted by Crippen LogP contribution is 2.31. The molecule has 2 unspecified atom stereocenters. The Morgan fingerprint density at radius 1 is 0.636 bits per heavy atom. The molecule has 0 radical (unpaired) electrons. The highest BCUT2D eigenvalue weighted by atomic mass is 31.0. The Labute approximate surface area is 134 Å². The van der Waals surface area contributed by atoms with Crippen LogP contribution in [0.5, 0.6) is 0 Å². The molecule has 0 spiro atoms. The molecule has 0 amide bonds. The second-order valence-corrected chi connectivity index (χ2v) is 5.97. The monoisotopic (exact) mass is 302 g/mol. The Hall–Kier alpha value is -2.17. The van der Waals surface area contributed by atoms with Crippen LogP contribution in [0, 0.1) is 0 Å². The van der Waals surface area contributed by atoms with Crippen molar-refractivity contribution in [3.8, 4) is 0 Å². The zero-order valence-corrected chi connectivity index (χ0v) is 13.5. The van der Waals surface area contributed by atoms with Crippen LogP contribution in [0.25, 0.3) is 5.57 Å². The van der Waals surface area contributed by atoms with Crippen molar-refractivity contribution >= 4 is 14.8 Å². The Kier molecular flexibility index (Phi) is 4.83. The molecule has 0 aromatic heterocycles. The fraction of sp³-hybridized carbons (Fsp3) is 0.0476. The molecule has 0 bridgehead atoms. The van der Waals surface area contributed by atoms with Crippen LogP contribution >= 0.6 is 9.24 Å². The summed E-state index contributed by atoms with van der Waals surface area (Å²) in [5.41, 5.74) is 5.35. The maximum Gasteiger partial charge on any atom is 0.0173 e. The van der Waals surface area contributed by atoms with Gasteiger partial charge in [0.1, 0.15) is 0 Å². The SMILES string of the molecule is PC(C=C(c1ccccc1)c1ccccc1)c1ccccc1. The molecular formula is C21H19P. The predicted octanol–water partition coefficient (Wildman–Crippen LogP) is 5.73. The fourth-order valence-electron chi connectivity index (χ4n) is 2.55. The lowest BCUT2D eigenvalue weighted by atomic mass is 9.96. The summed E-state index contributed by atoms with van der Waals surface area (Å²) < 4.78 is 0. The van der Waals surface area contributed by atoms with Crippen molar-refractivity contribution in [2.75, 3.05) is 0 Å². The molecule has 0 N–H and O–H groups in total. The lowest BCUT2D eigenvalue weighted by Crippen LogP contribution is -1.92. The first-order valence-corrected chi connectivity index (χ1v) is 8.14. The summed E-state index contributed by atoms with van der Waals surface area (Å²) in [6.07, 6.45) is 2.32. The van der Waals surface area contributed by atoms with Gasteiger partial charge in [-0.05, 0) is 22.3 Å².